The van der Waals surface area contributed by atoms with E-state index in [1.165, 1.54) is 18.3 Å². The first-order valence-corrected chi connectivity index (χ1v) is 8.58. The van der Waals surface area contributed by atoms with Gasteiger partial charge < -0.3 is 10.2 Å². The molecule has 1 aromatic heterocycles. The van der Waals surface area contributed by atoms with Crippen LogP contribution in [0, 0.1) is 11.6 Å². The van der Waals surface area contributed by atoms with Crippen molar-refractivity contribution in [2.45, 2.75) is 13.5 Å². The first kappa shape index (κ1) is 18.5. The molecule has 2 aromatic carbocycles. The number of rotatable bonds is 6. The molecule has 0 fully saturated rings. The third-order valence-corrected chi connectivity index (χ3v) is 4.13. The zero-order chi connectivity index (χ0) is 19.2. The van der Waals surface area contributed by atoms with Gasteiger partial charge in [0.2, 0.25) is 0 Å². The number of amides is 1. The lowest BCUT2D eigenvalue weighted by Gasteiger charge is -2.22. The number of hydrogen-bond donors (Lipinski definition) is 1. The van der Waals surface area contributed by atoms with Crippen molar-refractivity contribution in [1.82, 2.24) is 4.98 Å². The van der Waals surface area contributed by atoms with E-state index < -0.39 is 23.2 Å². The molecule has 1 N–H and O–H groups in total. The maximum Gasteiger partial charge on any atom is 0.256 e. The second-order valence-corrected chi connectivity index (χ2v) is 5.95. The van der Waals surface area contributed by atoms with Gasteiger partial charge in [0.25, 0.3) is 5.91 Å². The minimum atomic E-state index is -0.822. The zero-order valence-electron chi connectivity index (χ0n) is 14.8. The SMILES string of the molecule is CCN(Cc1ccccc1)c1cc(C(=O)Nc2c(F)cccc2F)ccn1. The molecule has 0 radical (unpaired) electrons. The fraction of sp³-hybridized carbons (Fsp3) is 0.143. The molecule has 3 rings (SSSR count). The molecule has 0 unspecified atom stereocenters. The summed E-state index contributed by atoms with van der Waals surface area (Å²) in [5, 5.41) is 2.29. The van der Waals surface area contributed by atoms with E-state index in [9.17, 15) is 13.6 Å². The molecular formula is C21H19F2N3O. The molecule has 0 atom stereocenters. The van der Waals surface area contributed by atoms with Crippen LogP contribution < -0.4 is 10.2 Å². The highest BCUT2D eigenvalue weighted by Crippen LogP contribution is 2.20. The maximum absolute atomic E-state index is 13.8. The third kappa shape index (κ3) is 4.47. The van der Waals surface area contributed by atoms with Gasteiger partial charge in [-0.1, -0.05) is 36.4 Å². The van der Waals surface area contributed by atoms with E-state index in [-0.39, 0.29) is 5.56 Å². The first-order valence-electron chi connectivity index (χ1n) is 8.58. The number of nitrogens with zero attached hydrogens (tertiary/aromatic N) is 2. The molecule has 0 spiro atoms. The van der Waals surface area contributed by atoms with Crippen LogP contribution in [0.25, 0.3) is 0 Å². The number of benzene rings is 2. The van der Waals surface area contributed by atoms with Crippen LogP contribution in [0.3, 0.4) is 0 Å². The number of anilines is 2. The molecule has 0 saturated carbocycles. The van der Waals surface area contributed by atoms with Crippen LogP contribution in [0.15, 0.2) is 66.9 Å². The number of hydrogen-bond acceptors (Lipinski definition) is 3. The smallest absolute Gasteiger partial charge is 0.256 e. The van der Waals surface area contributed by atoms with Crippen molar-refractivity contribution >= 4 is 17.4 Å². The van der Waals surface area contributed by atoms with Crippen molar-refractivity contribution < 1.29 is 13.6 Å². The average Bonchev–Trinajstić information content (AvgIpc) is 2.70. The number of para-hydroxylation sites is 1. The van der Waals surface area contributed by atoms with Crippen molar-refractivity contribution in [3.8, 4) is 0 Å². The van der Waals surface area contributed by atoms with Gasteiger partial charge in [-0.3, -0.25) is 4.79 Å². The fourth-order valence-electron chi connectivity index (χ4n) is 2.69. The largest absolute Gasteiger partial charge is 0.353 e. The van der Waals surface area contributed by atoms with Gasteiger partial charge in [-0.15, -0.1) is 0 Å². The number of aromatic nitrogens is 1. The van der Waals surface area contributed by atoms with Gasteiger partial charge in [0, 0.05) is 24.8 Å². The number of pyridine rings is 1. The quantitative estimate of drug-likeness (QED) is 0.690. The molecule has 1 heterocycles. The zero-order valence-corrected chi connectivity index (χ0v) is 14.8. The fourth-order valence-corrected chi connectivity index (χ4v) is 2.69. The van der Waals surface area contributed by atoms with Crippen molar-refractivity contribution in [2.75, 3.05) is 16.8 Å². The van der Waals surface area contributed by atoms with E-state index in [0.29, 0.717) is 18.9 Å². The van der Waals surface area contributed by atoms with Gasteiger partial charge in [0.1, 0.15) is 23.1 Å². The van der Waals surface area contributed by atoms with E-state index >= 15 is 0 Å². The monoisotopic (exact) mass is 367 g/mol. The van der Waals surface area contributed by atoms with E-state index in [0.717, 1.165) is 17.7 Å². The first-order chi connectivity index (χ1) is 13.1. The van der Waals surface area contributed by atoms with Crippen LogP contribution in [-0.4, -0.2) is 17.4 Å². The molecular weight excluding hydrogens is 348 g/mol. The molecule has 138 valence electrons. The summed E-state index contributed by atoms with van der Waals surface area (Å²) in [7, 11) is 0. The third-order valence-electron chi connectivity index (χ3n) is 4.13. The van der Waals surface area contributed by atoms with Gasteiger partial charge in [0.15, 0.2) is 0 Å². The summed E-state index contributed by atoms with van der Waals surface area (Å²) in [6.45, 7) is 3.32. The highest BCUT2D eigenvalue weighted by molar-refractivity contribution is 6.04. The lowest BCUT2D eigenvalue weighted by atomic mass is 10.2. The standard InChI is InChI=1S/C21H19F2N3O/c1-2-26(14-15-7-4-3-5-8-15)19-13-16(11-12-24-19)21(27)25-20-17(22)9-6-10-18(20)23/h3-13H,2,14H2,1H3,(H,25,27). The highest BCUT2D eigenvalue weighted by atomic mass is 19.1. The van der Waals surface area contributed by atoms with Crippen molar-refractivity contribution in [1.29, 1.82) is 0 Å². The Morgan fingerprint density at radius 2 is 1.74 bits per heavy atom. The van der Waals surface area contributed by atoms with Crippen LogP contribution in [0.5, 0.6) is 0 Å². The summed E-state index contributed by atoms with van der Waals surface area (Å²) in [4.78, 5) is 18.8. The van der Waals surface area contributed by atoms with Crippen molar-refractivity contribution in [3.63, 3.8) is 0 Å². The molecule has 0 bridgehead atoms. The Morgan fingerprint density at radius 1 is 1.04 bits per heavy atom. The minimum Gasteiger partial charge on any atom is -0.353 e. The Hall–Kier alpha value is -3.28. The van der Waals surface area contributed by atoms with Gasteiger partial charge >= 0.3 is 0 Å². The molecule has 27 heavy (non-hydrogen) atoms. The summed E-state index contributed by atoms with van der Waals surface area (Å²) < 4.78 is 27.5. The lowest BCUT2D eigenvalue weighted by molar-refractivity contribution is 0.102. The van der Waals surface area contributed by atoms with Crippen LogP contribution >= 0.6 is 0 Å². The Balaban J connectivity index is 1.80. The summed E-state index contributed by atoms with van der Waals surface area (Å²) >= 11 is 0. The predicted octanol–water partition coefficient (Wildman–Crippen LogP) is 4.64. The number of carbonyl (C=O) groups excluding carboxylic acids is 1. The number of nitrogens with one attached hydrogen (secondary N) is 1. The summed E-state index contributed by atoms with van der Waals surface area (Å²) in [6, 6.07) is 16.4. The van der Waals surface area contributed by atoms with Crippen LogP contribution in [0.2, 0.25) is 0 Å². The number of carbonyl (C=O) groups is 1. The Kier molecular flexibility index (Phi) is 5.76. The maximum atomic E-state index is 13.8. The summed E-state index contributed by atoms with van der Waals surface area (Å²) in [6.07, 6.45) is 1.51. The average molecular weight is 367 g/mol. The second-order valence-electron chi connectivity index (χ2n) is 5.95. The molecule has 3 aromatic rings. The predicted molar refractivity (Wildman–Crippen MR) is 102 cm³/mol. The normalized spacial score (nSPS) is 10.5. The van der Waals surface area contributed by atoms with E-state index in [4.69, 9.17) is 0 Å². The minimum absolute atomic E-state index is 0.272. The molecule has 0 saturated heterocycles. The van der Waals surface area contributed by atoms with Crippen LogP contribution in [0.1, 0.15) is 22.8 Å². The molecule has 0 aliphatic carbocycles. The lowest BCUT2D eigenvalue weighted by Crippen LogP contribution is -2.24. The molecule has 0 aliphatic rings. The van der Waals surface area contributed by atoms with Gasteiger partial charge in [-0.05, 0) is 36.8 Å². The highest BCUT2D eigenvalue weighted by Gasteiger charge is 2.15. The molecule has 6 heteroatoms. The molecule has 4 nitrogen and oxygen atoms in total. The topological polar surface area (TPSA) is 45.2 Å². The number of halogens is 2. The summed E-state index contributed by atoms with van der Waals surface area (Å²) in [5.41, 5.74) is 0.927. The Bertz CT molecular complexity index is 911. The summed E-state index contributed by atoms with van der Waals surface area (Å²) in [5.74, 6) is -1.63. The Labute approximate surface area is 156 Å². The van der Waals surface area contributed by atoms with E-state index in [1.807, 2.05) is 42.2 Å². The molecule has 1 amide bonds. The van der Waals surface area contributed by atoms with Crippen molar-refractivity contribution in [3.05, 3.63) is 89.6 Å². The van der Waals surface area contributed by atoms with Crippen LogP contribution in [-0.2, 0) is 6.54 Å². The second kappa shape index (κ2) is 8.40. The molecule has 0 aliphatic heterocycles. The Morgan fingerprint density at radius 3 is 2.41 bits per heavy atom. The van der Waals surface area contributed by atoms with Crippen molar-refractivity contribution in [2.24, 2.45) is 0 Å². The van der Waals surface area contributed by atoms with Crippen LogP contribution in [0.4, 0.5) is 20.3 Å². The van der Waals surface area contributed by atoms with Gasteiger partial charge in [-0.2, -0.15) is 0 Å². The van der Waals surface area contributed by atoms with E-state index in [2.05, 4.69) is 10.3 Å². The van der Waals surface area contributed by atoms with Gasteiger partial charge in [-0.25, -0.2) is 13.8 Å². The van der Waals surface area contributed by atoms with Gasteiger partial charge in [0.05, 0.1) is 0 Å². The van der Waals surface area contributed by atoms with E-state index in [1.54, 1.807) is 6.07 Å².